The van der Waals surface area contributed by atoms with Crippen LogP contribution in [0, 0.1) is 0 Å². The Labute approximate surface area is 84.2 Å². The molecule has 0 unspecified atom stereocenters. The summed E-state index contributed by atoms with van der Waals surface area (Å²) >= 11 is 0. The van der Waals surface area contributed by atoms with Crippen molar-refractivity contribution in [3.63, 3.8) is 0 Å². The van der Waals surface area contributed by atoms with Gasteiger partial charge in [-0.2, -0.15) is 0 Å². The van der Waals surface area contributed by atoms with E-state index < -0.39 is 11.9 Å². The maximum absolute atomic E-state index is 11.6. The SMILES string of the molecule is CCCN(C(=O)C(=O)OCC)C1CC1. The van der Waals surface area contributed by atoms with E-state index in [1.54, 1.807) is 11.8 Å². The van der Waals surface area contributed by atoms with Crippen molar-refractivity contribution < 1.29 is 14.3 Å². The van der Waals surface area contributed by atoms with Gasteiger partial charge >= 0.3 is 11.9 Å². The molecule has 0 aromatic rings. The van der Waals surface area contributed by atoms with Crippen LogP contribution in [0.25, 0.3) is 0 Å². The molecule has 0 heterocycles. The van der Waals surface area contributed by atoms with E-state index in [1.165, 1.54) is 0 Å². The van der Waals surface area contributed by atoms with Crippen molar-refractivity contribution in [1.29, 1.82) is 0 Å². The van der Waals surface area contributed by atoms with Crippen LogP contribution in [0.3, 0.4) is 0 Å². The van der Waals surface area contributed by atoms with Crippen molar-refractivity contribution in [3.05, 3.63) is 0 Å². The number of hydrogen-bond donors (Lipinski definition) is 0. The molecule has 1 aliphatic carbocycles. The first-order valence-electron chi connectivity index (χ1n) is 5.18. The molecule has 0 aromatic carbocycles. The summed E-state index contributed by atoms with van der Waals surface area (Å²) in [4.78, 5) is 24.4. The molecule has 1 aliphatic rings. The predicted octanol–water partition coefficient (Wildman–Crippen LogP) is 0.950. The highest BCUT2D eigenvalue weighted by molar-refractivity contribution is 6.32. The number of amides is 1. The molecular weight excluding hydrogens is 182 g/mol. The number of esters is 1. The first-order chi connectivity index (χ1) is 6.70. The third-order valence-electron chi connectivity index (χ3n) is 2.16. The average Bonchev–Trinajstić information content (AvgIpc) is 2.97. The number of carbonyl (C=O) groups excluding carboxylic acids is 2. The third-order valence-corrected chi connectivity index (χ3v) is 2.16. The van der Waals surface area contributed by atoms with Crippen LogP contribution in [0.2, 0.25) is 0 Å². The maximum atomic E-state index is 11.6. The maximum Gasteiger partial charge on any atom is 0.397 e. The second-order valence-electron chi connectivity index (χ2n) is 3.45. The third kappa shape index (κ3) is 2.72. The zero-order valence-corrected chi connectivity index (χ0v) is 8.78. The zero-order chi connectivity index (χ0) is 10.6. The van der Waals surface area contributed by atoms with Gasteiger partial charge in [-0.1, -0.05) is 6.92 Å². The van der Waals surface area contributed by atoms with Gasteiger partial charge in [0.2, 0.25) is 0 Å². The second-order valence-corrected chi connectivity index (χ2v) is 3.45. The van der Waals surface area contributed by atoms with Crippen molar-refractivity contribution in [2.45, 2.75) is 39.2 Å². The van der Waals surface area contributed by atoms with Gasteiger partial charge in [0, 0.05) is 12.6 Å². The van der Waals surface area contributed by atoms with Crippen molar-refractivity contribution in [2.75, 3.05) is 13.2 Å². The Morgan fingerprint density at radius 1 is 1.36 bits per heavy atom. The molecule has 0 atom stereocenters. The Kier molecular flexibility index (Phi) is 3.92. The van der Waals surface area contributed by atoms with Crippen LogP contribution in [-0.4, -0.2) is 36.0 Å². The molecular formula is C10H17NO3. The summed E-state index contributed by atoms with van der Waals surface area (Å²) in [6, 6.07) is 0.284. The molecule has 0 N–H and O–H groups in total. The molecule has 1 fully saturated rings. The highest BCUT2D eigenvalue weighted by Gasteiger charge is 2.35. The van der Waals surface area contributed by atoms with E-state index in [2.05, 4.69) is 4.74 Å². The Morgan fingerprint density at radius 2 is 2.00 bits per heavy atom. The highest BCUT2D eigenvalue weighted by Crippen LogP contribution is 2.27. The molecule has 4 heteroatoms. The van der Waals surface area contributed by atoms with E-state index in [0.717, 1.165) is 19.3 Å². The lowest BCUT2D eigenvalue weighted by atomic mass is 10.3. The van der Waals surface area contributed by atoms with Gasteiger partial charge < -0.3 is 9.64 Å². The largest absolute Gasteiger partial charge is 0.459 e. The van der Waals surface area contributed by atoms with Crippen LogP contribution in [-0.2, 0) is 14.3 Å². The normalized spacial score (nSPS) is 15.0. The first kappa shape index (κ1) is 11.0. The summed E-state index contributed by atoms with van der Waals surface area (Å²) in [6.45, 7) is 4.61. The molecule has 1 rings (SSSR count). The molecule has 0 saturated heterocycles. The van der Waals surface area contributed by atoms with Crippen molar-refractivity contribution in [2.24, 2.45) is 0 Å². The van der Waals surface area contributed by atoms with E-state index in [4.69, 9.17) is 0 Å². The fourth-order valence-electron chi connectivity index (χ4n) is 1.39. The van der Waals surface area contributed by atoms with Crippen LogP contribution in [0.15, 0.2) is 0 Å². The topological polar surface area (TPSA) is 46.6 Å². The molecule has 14 heavy (non-hydrogen) atoms. The molecule has 0 radical (unpaired) electrons. The summed E-state index contributed by atoms with van der Waals surface area (Å²) in [5, 5.41) is 0. The molecule has 0 aliphatic heterocycles. The summed E-state index contributed by atoms with van der Waals surface area (Å²) in [5.41, 5.74) is 0. The lowest BCUT2D eigenvalue weighted by Crippen LogP contribution is -2.39. The van der Waals surface area contributed by atoms with Gasteiger partial charge in [0.05, 0.1) is 6.61 Å². The van der Waals surface area contributed by atoms with Crippen LogP contribution in [0.4, 0.5) is 0 Å². The molecule has 0 spiro atoms. The fourth-order valence-corrected chi connectivity index (χ4v) is 1.39. The van der Waals surface area contributed by atoms with Crippen LogP contribution < -0.4 is 0 Å². The quantitative estimate of drug-likeness (QED) is 0.500. The molecule has 1 amide bonds. The minimum Gasteiger partial charge on any atom is -0.459 e. The molecule has 80 valence electrons. The Hall–Kier alpha value is -1.06. The Balaban J connectivity index is 2.49. The van der Waals surface area contributed by atoms with Crippen molar-refractivity contribution in [3.8, 4) is 0 Å². The Morgan fingerprint density at radius 3 is 2.43 bits per heavy atom. The standard InChI is InChI=1S/C10H17NO3/c1-3-7-11(8-5-6-8)9(12)10(13)14-4-2/h8H,3-7H2,1-2H3. The highest BCUT2D eigenvalue weighted by atomic mass is 16.5. The van der Waals surface area contributed by atoms with E-state index in [9.17, 15) is 9.59 Å². The molecule has 0 bridgehead atoms. The van der Waals surface area contributed by atoms with Gasteiger partial charge in [0.1, 0.15) is 0 Å². The van der Waals surface area contributed by atoms with Crippen LogP contribution in [0.1, 0.15) is 33.1 Å². The van der Waals surface area contributed by atoms with Crippen molar-refractivity contribution in [1.82, 2.24) is 4.90 Å². The molecule has 1 saturated carbocycles. The number of hydrogen-bond acceptors (Lipinski definition) is 3. The van der Waals surface area contributed by atoms with E-state index >= 15 is 0 Å². The molecule has 4 nitrogen and oxygen atoms in total. The lowest BCUT2D eigenvalue weighted by molar-refractivity contribution is -0.160. The average molecular weight is 199 g/mol. The summed E-state index contributed by atoms with van der Waals surface area (Å²) in [7, 11) is 0. The van der Waals surface area contributed by atoms with Gasteiger partial charge in [-0.15, -0.1) is 0 Å². The van der Waals surface area contributed by atoms with Gasteiger partial charge in [0.15, 0.2) is 0 Å². The summed E-state index contributed by atoms with van der Waals surface area (Å²) in [6.07, 6.45) is 2.91. The van der Waals surface area contributed by atoms with E-state index in [-0.39, 0.29) is 12.6 Å². The van der Waals surface area contributed by atoms with Crippen molar-refractivity contribution >= 4 is 11.9 Å². The minimum absolute atomic E-state index is 0.259. The van der Waals surface area contributed by atoms with Gasteiger partial charge in [0.25, 0.3) is 0 Å². The van der Waals surface area contributed by atoms with E-state index in [0.29, 0.717) is 6.54 Å². The van der Waals surface area contributed by atoms with Crippen LogP contribution >= 0.6 is 0 Å². The number of carbonyl (C=O) groups is 2. The fraction of sp³-hybridized carbons (Fsp3) is 0.800. The lowest BCUT2D eigenvalue weighted by Gasteiger charge is -2.19. The number of rotatable bonds is 4. The monoisotopic (exact) mass is 199 g/mol. The predicted molar refractivity (Wildman–Crippen MR) is 51.7 cm³/mol. The van der Waals surface area contributed by atoms with Gasteiger partial charge in [-0.3, -0.25) is 4.79 Å². The molecule has 0 aromatic heterocycles. The number of nitrogens with zero attached hydrogens (tertiary/aromatic N) is 1. The Bertz CT molecular complexity index is 223. The van der Waals surface area contributed by atoms with Crippen LogP contribution in [0.5, 0.6) is 0 Å². The number of ether oxygens (including phenoxy) is 1. The second kappa shape index (κ2) is 4.98. The first-order valence-corrected chi connectivity index (χ1v) is 5.18. The smallest absolute Gasteiger partial charge is 0.397 e. The minimum atomic E-state index is -0.715. The summed E-state index contributed by atoms with van der Waals surface area (Å²) < 4.78 is 4.68. The van der Waals surface area contributed by atoms with Gasteiger partial charge in [-0.25, -0.2) is 4.79 Å². The summed E-state index contributed by atoms with van der Waals surface area (Å²) in [5.74, 6) is -1.19. The van der Waals surface area contributed by atoms with Gasteiger partial charge in [-0.05, 0) is 26.2 Å². The van der Waals surface area contributed by atoms with E-state index in [1.807, 2.05) is 6.92 Å². The zero-order valence-electron chi connectivity index (χ0n) is 8.78.